The number of halogens is 1. The van der Waals surface area contributed by atoms with E-state index in [2.05, 4.69) is 0 Å². The van der Waals surface area contributed by atoms with E-state index < -0.39 is 0 Å². The molecule has 3 aromatic rings. The molecule has 0 N–H and O–H groups in total. The van der Waals surface area contributed by atoms with Gasteiger partial charge >= 0.3 is 0 Å². The molecule has 29 heavy (non-hydrogen) atoms. The largest absolute Gasteiger partial charge is 0.467 e. The summed E-state index contributed by atoms with van der Waals surface area (Å²) in [5, 5.41) is 6.76. The summed E-state index contributed by atoms with van der Waals surface area (Å²) in [5.41, 5.74) is 2.46. The first-order valence-corrected chi connectivity index (χ1v) is 10.0. The molecule has 2 aliphatic rings. The van der Waals surface area contributed by atoms with Crippen molar-refractivity contribution in [3.8, 4) is 0 Å². The summed E-state index contributed by atoms with van der Waals surface area (Å²) in [4.78, 5) is 13.4. The molecule has 0 spiro atoms. The zero-order valence-electron chi connectivity index (χ0n) is 15.6. The Morgan fingerprint density at radius 2 is 1.93 bits per heavy atom. The average Bonchev–Trinajstić information content (AvgIpc) is 3.48. The minimum absolute atomic E-state index is 0.0718. The smallest absolute Gasteiger partial charge is 0.276 e. The normalized spacial score (nSPS) is 22.6. The topological polar surface area (TPSA) is 59.0 Å². The fraction of sp³-hybridized carbons (Fsp3) is 0.217. The molecule has 1 amide bonds. The molecule has 0 bridgehead atoms. The van der Waals surface area contributed by atoms with E-state index in [1.165, 1.54) is 0 Å². The lowest BCUT2D eigenvalue weighted by Gasteiger charge is -2.27. The molecule has 2 aromatic heterocycles. The third-order valence-corrected chi connectivity index (χ3v) is 5.84. The predicted molar refractivity (Wildman–Crippen MR) is 111 cm³/mol. The van der Waals surface area contributed by atoms with Crippen molar-refractivity contribution >= 4 is 29.3 Å². The van der Waals surface area contributed by atoms with E-state index in [9.17, 15) is 4.79 Å². The van der Waals surface area contributed by atoms with Crippen LogP contribution in [0.5, 0.6) is 0 Å². The minimum atomic E-state index is -0.288. The second-order valence-corrected chi connectivity index (χ2v) is 7.67. The van der Waals surface area contributed by atoms with Crippen LogP contribution in [0.3, 0.4) is 0 Å². The summed E-state index contributed by atoms with van der Waals surface area (Å²) in [7, 11) is 0. The van der Waals surface area contributed by atoms with Gasteiger partial charge in [0.15, 0.2) is 0 Å². The van der Waals surface area contributed by atoms with Crippen LogP contribution in [0.2, 0.25) is 5.02 Å². The lowest BCUT2D eigenvalue weighted by atomic mass is 9.79. The van der Waals surface area contributed by atoms with Crippen LogP contribution in [-0.2, 0) is 0 Å². The number of hydrogen-bond donors (Lipinski definition) is 0. The van der Waals surface area contributed by atoms with Gasteiger partial charge < -0.3 is 8.83 Å². The van der Waals surface area contributed by atoms with Crippen molar-refractivity contribution in [1.82, 2.24) is 5.01 Å². The number of allylic oxidation sites excluding steroid dienone is 1. The van der Waals surface area contributed by atoms with E-state index in [0.717, 1.165) is 42.1 Å². The number of nitrogens with zero attached hydrogens (tertiary/aromatic N) is 2. The molecule has 5 rings (SSSR count). The standard InChI is InChI=1S/C23H19ClN2O3/c24-19-10-2-1-8-17(19)23(27)26-22(20-11-5-13-29-20)18-9-3-6-15(21(18)25-26)14-16-7-4-12-28-16/h1-2,4-5,7-8,10-14,18,22H,3,6,9H2/b15-14-/t18-,22+/m0/s1. The first kappa shape index (κ1) is 18.0. The van der Waals surface area contributed by atoms with Gasteiger partial charge in [-0.25, -0.2) is 5.01 Å². The van der Waals surface area contributed by atoms with Crippen molar-refractivity contribution < 1.29 is 13.6 Å². The molecule has 1 saturated carbocycles. The molecule has 5 nitrogen and oxygen atoms in total. The summed E-state index contributed by atoms with van der Waals surface area (Å²) in [5.74, 6) is 1.36. The van der Waals surface area contributed by atoms with Crippen molar-refractivity contribution in [2.45, 2.75) is 25.3 Å². The molecular formula is C23H19ClN2O3. The number of hydrogen-bond acceptors (Lipinski definition) is 4. The maximum atomic E-state index is 13.4. The number of carbonyl (C=O) groups is 1. The maximum Gasteiger partial charge on any atom is 0.276 e. The minimum Gasteiger partial charge on any atom is -0.467 e. The summed E-state index contributed by atoms with van der Waals surface area (Å²) in [6, 6.07) is 14.3. The molecular weight excluding hydrogens is 388 g/mol. The third-order valence-electron chi connectivity index (χ3n) is 5.51. The van der Waals surface area contributed by atoms with Crippen LogP contribution in [-0.4, -0.2) is 16.6 Å². The third kappa shape index (κ3) is 3.21. The Kier molecular flexibility index (Phi) is 4.60. The monoisotopic (exact) mass is 406 g/mol. The summed E-state index contributed by atoms with van der Waals surface area (Å²) >= 11 is 6.30. The highest BCUT2D eigenvalue weighted by Crippen LogP contribution is 2.45. The van der Waals surface area contributed by atoms with Crippen LogP contribution in [0.1, 0.15) is 47.2 Å². The lowest BCUT2D eigenvalue weighted by molar-refractivity contribution is 0.0656. The van der Waals surface area contributed by atoms with E-state index in [-0.39, 0.29) is 17.9 Å². The van der Waals surface area contributed by atoms with Gasteiger partial charge in [0, 0.05) is 5.92 Å². The first-order chi connectivity index (χ1) is 14.2. The van der Waals surface area contributed by atoms with Crippen molar-refractivity contribution in [2.24, 2.45) is 11.0 Å². The van der Waals surface area contributed by atoms with Crippen LogP contribution in [0, 0.1) is 5.92 Å². The molecule has 1 fully saturated rings. The fourth-order valence-corrected chi connectivity index (χ4v) is 4.43. The van der Waals surface area contributed by atoms with Gasteiger partial charge in [0.2, 0.25) is 0 Å². The van der Waals surface area contributed by atoms with Gasteiger partial charge in [-0.05, 0) is 67.3 Å². The van der Waals surface area contributed by atoms with E-state index in [1.807, 2.05) is 36.4 Å². The van der Waals surface area contributed by atoms with Gasteiger partial charge in [0.1, 0.15) is 17.6 Å². The van der Waals surface area contributed by atoms with Crippen LogP contribution in [0.25, 0.3) is 6.08 Å². The summed E-state index contributed by atoms with van der Waals surface area (Å²) in [6.45, 7) is 0. The predicted octanol–water partition coefficient (Wildman–Crippen LogP) is 5.96. The molecule has 2 atom stereocenters. The van der Waals surface area contributed by atoms with Crippen LogP contribution in [0.4, 0.5) is 0 Å². The SMILES string of the molecule is O=C(c1ccccc1Cl)N1N=C2/C(=C\c3ccco3)CCC[C@@H]2[C@@H]1c1ccco1. The number of benzene rings is 1. The second kappa shape index (κ2) is 7.41. The molecule has 0 unspecified atom stereocenters. The van der Waals surface area contributed by atoms with E-state index in [0.29, 0.717) is 10.6 Å². The van der Waals surface area contributed by atoms with Gasteiger partial charge in [-0.2, -0.15) is 5.10 Å². The fourth-order valence-electron chi connectivity index (χ4n) is 4.21. The van der Waals surface area contributed by atoms with Crippen molar-refractivity contribution in [3.63, 3.8) is 0 Å². The van der Waals surface area contributed by atoms with Crippen LogP contribution >= 0.6 is 11.6 Å². The number of rotatable bonds is 3. The quantitative estimate of drug-likeness (QED) is 0.539. The molecule has 3 heterocycles. The average molecular weight is 407 g/mol. The first-order valence-electron chi connectivity index (χ1n) is 9.67. The number of amides is 1. The van der Waals surface area contributed by atoms with Gasteiger partial charge in [0.25, 0.3) is 5.91 Å². The molecule has 1 aliphatic carbocycles. The summed E-state index contributed by atoms with van der Waals surface area (Å²) in [6.07, 6.45) is 8.16. The molecule has 1 aliphatic heterocycles. The molecule has 1 aromatic carbocycles. The van der Waals surface area contributed by atoms with Crippen molar-refractivity contribution in [3.05, 3.63) is 88.7 Å². The highest BCUT2D eigenvalue weighted by molar-refractivity contribution is 6.33. The Labute approximate surface area is 173 Å². The van der Waals surface area contributed by atoms with E-state index in [4.69, 9.17) is 25.5 Å². The highest BCUT2D eigenvalue weighted by Gasteiger charge is 2.45. The molecule has 0 saturated heterocycles. The van der Waals surface area contributed by atoms with Crippen molar-refractivity contribution in [1.29, 1.82) is 0 Å². The Hall–Kier alpha value is -3.05. The Morgan fingerprint density at radius 3 is 2.69 bits per heavy atom. The van der Waals surface area contributed by atoms with Crippen LogP contribution in [0.15, 0.2) is 80.6 Å². The zero-order chi connectivity index (χ0) is 19.8. The maximum absolute atomic E-state index is 13.4. The van der Waals surface area contributed by atoms with E-state index in [1.54, 1.807) is 35.7 Å². The Bertz CT molecular complexity index is 1080. The number of fused-ring (bicyclic) bond motifs is 1. The Morgan fingerprint density at radius 1 is 1.10 bits per heavy atom. The summed E-state index contributed by atoms with van der Waals surface area (Å²) < 4.78 is 11.2. The van der Waals surface area contributed by atoms with Crippen LogP contribution < -0.4 is 0 Å². The highest BCUT2D eigenvalue weighted by atomic mass is 35.5. The number of carbonyl (C=O) groups excluding carboxylic acids is 1. The van der Waals surface area contributed by atoms with E-state index >= 15 is 0 Å². The van der Waals surface area contributed by atoms with Gasteiger partial charge in [0.05, 0.1) is 28.8 Å². The van der Waals surface area contributed by atoms with Crippen molar-refractivity contribution in [2.75, 3.05) is 0 Å². The second-order valence-electron chi connectivity index (χ2n) is 7.26. The lowest BCUT2D eigenvalue weighted by Crippen LogP contribution is -2.31. The van der Waals surface area contributed by atoms with Gasteiger partial charge in [-0.1, -0.05) is 23.7 Å². The number of furan rings is 2. The molecule has 146 valence electrons. The molecule has 6 heteroatoms. The van der Waals surface area contributed by atoms with Gasteiger partial charge in [-0.15, -0.1) is 0 Å². The Balaban J connectivity index is 1.59. The van der Waals surface area contributed by atoms with Gasteiger partial charge in [-0.3, -0.25) is 4.79 Å². The molecule has 0 radical (unpaired) electrons. The zero-order valence-corrected chi connectivity index (χ0v) is 16.4. The number of hydrazone groups is 1.